The third-order valence-electron chi connectivity index (χ3n) is 1.82. The molecule has 0 aliphatic carbocycles. The summed E-state index contributed by atoms with van der Waals surface area (Å²) in [4.78, 5) is 0. The molecule has 3 nitrogen and oxygen atoms in total. The minimum absolute atomic E-state index is 0.601. The summed E-state index contributed by atoms with van der Waals surface area (Å²) < 4.78 is 5.45. The van der Waals surface area contributed by atoms with Gasteiger partial charge in [0.2, 0.25) is 0 Å². The lowest BCUT2D eigenvalue weighted by Gasteiger charge is -2.06. The zero-order chi connectivity index (χ0) is 9.52. The molecule has 0 aliphatic heterocycles. The van der Waals surface area contributed by atoms with Crippen LogP contribution in [0.2, 0.25) is 0 Å². The molecule has 0 bridgehead atoms. The van der Waals surface area contributed by atoms with Gasteiger partial charge in [-0.1, -0.05) is 19.1 Å². The van der Waals surface area contributed by atoms with Gasteiger partial charge in [-0.3, -0.25) is 11.3 Å². The van der Waals surface area contributed by atoms with Crippen LogP contribution in [0.15, 0.2) is 24.3 Å². The molecule has 0 radical (unpaired) electrons. The molecule has 1 aromatic carbocycles. The molecule has 0 amide bonds. The predicted octanol–water partition coefficient (Wildman–Crippen LogP) is 1.09. The largest absolute Gasteiger partial charge is 0.492 e. The number of aryl methyl sites for hydroxylation is 1. The number of nitrogens with two attached hydrogens (primary N) is 1. The SMILES string of the molecule is CCc1cccc(OCCNN)c1. The summed E-state index contributed by atoms with van der Waals surface area (Å²) in [6.45, 7) is 3.39. The number of ether oxygens (including phenoxy) is 1. The Kier molecular flexibility index (Phi) is 4.29. The summed E-state index contributed by atoms with van der Waals surface area (Å²) in [7, 11) is 0. The van der Waals surface area contributed by atoms with Crippen LogP contribution in [0.4, 0.5) is 0 Å². The van der Waals surface area contributed by atoms with Crippen LogP contribution in [0.3, 0.4) is 0 Å². The van der Waals surface area contributed by atoms with Gasteiger partial charge in [-0.2, -0.15) is 0 Å². The van der Waals surface area contributed by atoms with Crippen molar-refractivity contribution in [3.8, 4) is 5.75 Å². The van der Waals surface area contributed by atoms with Crippen molar-refractivity contribution in [3.05, 3.63) is 29.8 Å². The van der Waals surface area contributed by atoms with Crippen LogP contribution in [0.1, 0.15) is 12.5 Å². The topological polar surface area (TPSA) is 47.3 Å². The summed E-state index contributed by atoms with van der Waals surface area (Å²) in [5.74, 6) is 6.03. The van der Waals surface area contributed by atoms with E-state index in [1.54, 1.807) is 0 Å². The maximum absolute atomic E-state index is 5.45. The van der Waals surface area contributed by atoms with Crippen LogP contribution in [0.5, 0.6) is 5.75 Å². The third-order valence-corrected chi connectivity index (χ3v) is 1.82. The van der Waals surface area contributed by atoms with E-state index in [2.05, 4.69) is 24.5 Å². The minimum atomic E-state index is 0.601. The van der Waals surface area contributed by atoms with Gasteiger partial charge in [0.1, 0.15) is 12.4 Å². The van der Waals surface area contributed by atoms with Gasteiger partial charge in [-0.15, -0.1) is 0 Å². The van der Waals surface area contributed by atoms with Crippen molar-refractivity contribution >= 4 is 0 Å². The van der Waals surface area contributed by atoms with Crippen molar-refractivity contribution in [1.82, 2.24) is 5.43 Å². The molecule has 0 heterocycles. The zero-order valence-electron chi connectivity index (χ0n) is 7.92. The number of hydrogen-bond donors (Lipinski definition) is 2. The molecule has 0 aromatic heterocycles. The molecule has 0 aliphatic rings. The van der Waals surface area contributed by atoms with Crippen LogP contribution in [0, 0.1) is 0 Å². The smallest absolute Gasteiger partial charge is 0.119 e. The zero-order valence-corrected chi connectivity index (χ0v) is 7.92. The average molecular weight is 180 g/mol. The Morgan fingerprint density at radius 1 is 1.46 bits per heavy atom. The lowest BCUT2D eigenvalue weighted by Crippen LogP contribution is -2.27. The number of rotatable bonds is 5. The summed E-state index contributed by atoms with van der Waals surface area (Å²) >= 11 is 0. The molecule has 0 fully saturated rings. The molecule has 0 atom stereocenters. The molecule has 13 heavy (non-hydrogen) atoms. The second kappa shape index (κ2) is 5.56. The van der Waals surface area contributed by atoms with Gasteiger partial charge < -0.3 is 4.74 Å². The first-order chi connectivity index (χ1) is 6.36. The van der Waals surface area contributed by atoms with Crippen LogP contribution >= 0.6 is 0 Å². The van der Waals surface area contributed by atoms with Crippen molar-refractivity contribution in [2.24, 2.45) is 5.84 Å². The molecule has 3 N–H and O–H groups in total. The lowest BCUT2D eigenvalue weighted by atomic mass is 10.2. The Hall–Kier alpha value is -1.06. The number of hydrogen-bond acceptors (Lipinski definition) is 3. The first-order valence-corrected chi connectivity index (χ1v) is 4.52. The predicted molar refractivity (Wildman–Crippen MR) is 53.5 cm³/mol. The highest BCUT2D eigenvalue weighted by Crippen LogP contribution is 2.13. The van der Waals surface area contributed by atoms with E-state index in [1.165, 1.54) is 5.56 Å². The standard InChI is InChI=1S/C10H16N2O/c1-2-9-4-3-5-10(8-9)13-7-6-12-11/h3-5,8,12H,2,6-7,11H2,1H3. The highest BCUT2D eigenvalue weighted by Gasteiger charge is 1.94. The van der Waals surface area contributed by atoms with Crippen molar-refractivity contribution in [2.75, 3.05) is 13.2 Å². The van der Waals surface area contributed by atoms with E-state index in [9.17, 15) is 0 Å². The van der Waals surface area contributed by atoms with Crippen LogP contribution < -0.4 is 16.0 Å². The molecular formula is C10H16N2O. The maximum atomic E-state index is 5.45. The third kappa shape index (κ3) is 3.44. The Morgan fingerprint density at radius 3 is 3.00 bits per heavy atom. The summed E-state index contributed by atoms with van der Waals surface area (Å²) in [6, 6.07) is 8.10. The van der Waals surface area contributed by atoms with Gasteiger partial charge in [-0.05, 0) is 24.1 Å². The van der Waals surface area contributed by atoms with Gasteiger partial charge in [0.05, 0.1) is 0 Å². The molecule has 0 unspecified atom stereocenters. The van der Waals surface area contributed by atoms with Gasteiger partial charge in [-0.25, -0.2) is 0 Å². The highest BCUT2D eigenvalue weighted by molar-refractivity contribution is 5.28. The van der Waals surface area contributed by atoms with E-state index in [4.69, 9.17) is 10.6 Å². The van der Waals surface area contributed by atoms with Gasteiger partial charge >= 0.3 is 0 Å². The van der Waals surface area contributed by atoms with E-state index in [0.717, 1.165) is 12.2 Å². The second-order valence-corrected chi connectivity index (χ2v) is 2.80. The first-order valence-electron chi connectivity index (χ1n) is 4.52. The van der Waals surface area contributed by atoms with Crippen molar-refractivity contribution < 1.29 is 4.74 Å². The van der Waals surface area contributed by atoms with Crippen molar-refractivity contribution in [1.29, 1.82) is 0 Å². The molecule has 0 saturated heterocycles. The molecule has 1 aromatic rings. The van der Waals surface area contributed by atoms with E-state index >= 15 is 0 Å². The molecular weight excluding hydrogens is 164 g/mol. The second-order valence-electron chi connectivity index (χ2n) is 2.80. The van der Waals surface area contributed by atoms with E-state index in [1.807, 2.05) is 12.1 Å². The van der Waals surface area contributed by atoms with Crippen molar-refractivity contribution in [2.45, 2.75) is 13.3 Å². The molecule has 72 valence electrons. The Balaban J connectivity index is 2.46. The molecule has 0 spiro atoms. The summed E-state index contributed by atoms with van der Waals surface area (Å²) in [5.41, 5.74) is 3.83. The summed E-state index contributed by atoms with van der Waals surface area (Å²) in [5, 5.41) is 0. The van der Waals surface area contributed by atoms with Crippen LogP contribution in [0.25, 0.3) is 0 Å². The summed E-state index contributed by atoms with van der Waals surface area (Å²) in [6.07, 6.45) is 1.03. The Morgan fingerprint density at radius 2 is 2.31 bits per heavy atom. The van der Waals surface area contributed by atoms with Gasteiger partial charge in [0.15, 0.2) is 0 Å². The average Bonchev–Trinajstić information content (AvgIpc) is 2.19. The molecule has 3 heteroatoms. The highest BCUT2D eigenvalue weighted by atomic mass is 16.5. The fraction of sp³-hybridized carbons (Fsp3) is 0.400. The fourth-order valence-electron chi connectivity index (χ4n) is 1.08. The van der Waals surface area contributed by atoms with Crippen LogP contribution in [-0.2, 0) is 6.42 Å². The Labute approximate surface area is 78.9 Å². The van der Waals surface area contributed by atoms with Crippen molar-refractivity contribution in [3.63, 3.8) is 0 Å². The molecule has 1 rings (SSSR count). The lowest BCUT2D eigenvalue weighted by molar-refractivity contribution is 0.315. The number of hydrazine groups is 1. The Bertz CT molecular complexity index is 250. The van der Waals surface area contributed by atoms with E-state index in [-0.39, 0.29) is 0 Å². The fourth-order valence-corrected chi connectivity index (χ4v) is 1.08. The normalized spacial score (nSPS) is 10.0. The van der Waals surface area contributed by atoms with Crippen LogP contribution in [-0.4, -0.2) is 13.2 Å². The minimum Gasteiger partial charge on any atom is -0.492 e. The van der Waals surface area contributed by atoms with E-state index in [0.29, 0.717) is 13.2 Å². The number of benzene rings is 1. The van der Waals surface area contributed by atoms with E-state index < -0.39 is 0 Å². The number of nitrogens with one attached hydrogen (secondary N) is 1. The van der Waals surface area contributed by atoms with Gasteiger partial charge in [0.25, 0.3) is 0 Å². The quantitative estimate of drug-likeness (QED) is 0.405. The molecule has 0 saturated carbocycles. The first kappa shape index (κ1) is 10.0. The van der Waals surface area contributed by atoms with Gasteiger partial charge in [0, 0.05) is 6.54 Å². The maximum Gasteiger partial charge on any atom is 0.119 e. The monoisotopic (exact) mass is 180 g/mol.